The molecule has 20 heavy (non-hydrogen) atoms. The molecule has 0 radical (unpaired) electrons. The molecular weight excluding hydrogens is 258 g/mol. The van der Waals surface area contributed by atoms with E-state index in [-0.39, 0.29) is 12.5 Å². The molecule has 0 spiro atoms. The number of aliphatic carboxylic acids is 1. The number of amides is 1. The SMILES string of the molecule is NCc1ccc(C(=O)N2CCN(CC(=O)O)CC2)cc1. The average molecular weight is 277 g/mol. The van der Waals surface area contributed by atoms with E-state index in [4.69, 9.17) is 10.8 Å². The Kier molecular flexibility index (Phi) is 4.70. The summed E-state index contributed by atoms with van der Waals surface area (Å²) in [5.41, 5.74) is 7.17. The van der Waals surface area contributed by atoms with Gasteiger partial charge in [0.15, 0.2) is 0 Å². The van der Waals surface area contributed by atoms with Crippen LogP contribution in [0.25, 0.3) is 0 Å². The summed E-state index contributed by atoms with van der Waals surface area (Å²) >= 11 is 0. The molecule has 0 bridgehead atoms. The van der Waals surface area contributed by atoms with Gasteiger partial charge in [0.2, 0.25) is 0 Å². The Morgan fingerprint density at radius 2 is 1.70 bits per heavy atom. The largest absolute Gasteiger partial charge is 0.480 e. The molecule has 0 aromatic heterocycles. The first-order chi connectivity index (χ1) is 9.60. The monoisotopic (exact) mass is 277 g/mol. The fraction of sp³-hybridized carbons (Fsp3) is 0.429. The Labute approximate surface area is 117 Å². The van der Waals surface area contributed by atoms with Crippen molar-refractivity contribution in [2.24, 2.45) is 5.73 Å². The van der Waals surface area contributed by atoms with E-state index in [2.05, 4.69) is 0 Å². The van der Waals surface area contributed by atoms with Crippen LogP contribution in [0.15, 0.2) is 24.3 Å². The highest BCUT2D eigenvalue weighted by atomic mass is 16.4. The number of nitrogens with zero attached hydrogens (tertiary/aromatic N) is 2. The third-order valence-corrected chi connectivity index (χ3v) is 3.45. The van der Waals surface area contributed by atoms with Crippen molar-refractivity contribution >= 4 is 11.9 Å². The Morgan fingerprint density at radius 3 is 2.20 bits per heavy atom. The van der Waals surface area contributed by atoms with Crippen LogP contribution >= 0.6 is 0 Å². The number of piperazine rings is 1. The minimum absolute atomic E-state index is 0.0106. The molecule has 1 aromatic rings. The van der Waals surface area contributed by atoms with Gasteiger partial charge in [-0.05, 0) is 17.7 Å². The standard InChI is InChI=1S/C14H19N3O3/c15-9-11-1-3-12(4-2-11)14(20)17-7-5-16(6-8-17)10-13(18)19/h1-4H,5-10,15H2,(H,18,19). The lowest BCUT2D eigenvalue weighted by molar-refractivity contribution is -0.138. The zero-order valence-electron chi connectivity index (χ0n) is 11.3. The molecule has 6 heteroatoms. The van der Waals surface area contributed by atoms with Gasteiger partial charge in [0.05, 0.1) is 6.54 Å². The lowest BCUT2D eigenvalue weighted by atomic mass is 10.1. The van der Waals surface area contributed by atoms with Crippen molar-refractivity contribution in [2.45, 2.75) is 6.54 Å². The molecule has 0 atom stereocenters. The zero-order chi connectivity index (χ0) is 14.5. The van der Waals surface area contributed by atoms with E-state index in [1.165, 1.54) is 0 Å². The summed E-state index contributed by atoms with van der Waals surface area (Å²) in [5.74, 6) is -0.842. The number of carboxylic acids is 1. The summed E-state index contributed by atoms with van der Waals surface area (Å²) < 4.78 is 0. The van der Waals surface area contributed by atoms with Gasteiger partial charge in [0.1, 0.15) is 0 Å². The number of benzene rings is 1. The summed E-state index contributed by atoms with van der Waals surface area (Å²) in [6.07, 6.45) is 0. The molecule has 1 fully saturated rings. The predicted octanol–water partition coefficient (Wildman–Crippen LogP) is -0.0123. The predicted molar refractivity (Wildman–Crippen MR) is 74.3 cm³/mol. The van der Waals surface area contributed by atoms with E-state index in [0.717, 1.165) is 5.56 Å². The second kappa shape index (κ2) is 6.49. The molecular formula is C14H19N3O3. The molecule has 1 aliphatic rings. The molecule has 1 heterocycles. The highest BCUT2D eigenvalue weighted by Gasteiger charge is 2.22. The Balaban J connectivity index is 1.92. The second-order valence-corrected chi connectivity index (χ2v) is 4.86. The van der Waals surface area contributed by atoms with Gasteiger partial charge >= 0.3 is 5.97 Å². The molecule has 108 valence electrons. The smallest absolute Gasteiger partial charge is 0.317 e. The van der Waals surface area contributed by atoms with E-state index < -0.39 is 5.97 Å². The van der Waals surface area contributed by atoms with Crippen molar-refractivity contribution in [3.8, 4) is 0 Å². The van der Waals surface area contributed by atoms with Crippen LogP contribution in [0.5, 0.6) is 0 Å². The number of hydrogen-bond acceptors (Lipinski definition) is 4. The zero-order valence-corrected chi connectivity index (χ0v) is 11.3. The lowest BCUT2D eigenvalue weighted by Gasteiger charge is -2.33. The Morgan fingerprint density at radius 1 is 1.10 bits per heavy atom. The van der Waals surface area contributed by atoms with Gasteiger partial charge in [-0.3, -0.25) is 14.5 Å². The summed E-state index contributed by atoms with van der Waals surface area (Å²) in [4.78, 5) is 26.5. The van der Waals surface area contributed by atoms with E-state index in [0.29, 0.717) is 38.3 Å². The number of carboxylic acid groups (broad SMARTS) is 1. The van der Waals surface area contributed by atoms with E-state index in [1.54, 1.807) is 17.0 Å². The number of rotatable bonds is 4. The minimum atomic E-state index is -0.831. The summed E-state index contributed by atoms with van der Waals surface area (Å²) in [5, 5.41) is 8.74. The number of hydrogen-bond donors (Lipinski definition) is 2. The van der Waals surface area contributed by atoms with Crippen molar-refractivity contribution in [3.63, 3.8) is 0 Å². The molecule has 1 amide bonds. The maximum Gasteiger partial charge on any atom is 0.317 e. The van der Waals surface area contributed by atoms with Crippen LogP contribution in [0, 0.1) is 0 Å². The maximum atomic E-state index is 12.3. The lowest BCUT2D eigenvalue weighted by Crippen LogP contribution is -2.49. The molecule has 1 aromatic carbocycles. The highest BCUT2D eigenvalue weighted by Crippen LogP contribution is 2.10. The first-order valence-corrected chi connectivity index (χ1v) is 6.62. The Hall–Kier alpha value is -1.92. The van der Waals surface area contributed by atoms with Crippen molar-refractivity contribution in [1.82, 2.24) is 9.80 Å². The first-order valence-electron chi connectivity index (χ1n) is 6.62. The highest BCUT2D eigenvalue weighted by molar-refractivity contribution is 5.94. The van der Waals surface area contributed by atoms with Crippen molar-refractivity contribution in [1.29, 1.82) is 0 Å². The quantitative estimate of drug-likeness (QED) is 0.808. The molecule has 2 rings (SSSR count). The maximum absolute atomic E-state index is 12.3. The van der Waals surface area contributed by atoms with Gasteiger partial charge in [0.25, 0.3) is 5.91 Å². The molecule has 0 aliphatic carbocycles. The second-order valence-electron chi connectivity index (χ2n) is 4.86. The van der Waals surface area contributed by atoms with Crippen molar-refractivity contribution in [3.05, 3.63) is 35.4 Å². The number of carbonyl (C=O) groups excluding carboxylic acids is 1. The third-order valence-electron chi connectivity index (χ3n) is 3.45. The molecule has 0 unspecified atom stereocenters. The summed E-state index contributed by atoms with van der Waals surface area (Å²) in [7, 11) is 0. The van der Waals surface area contributed by atoms with Gasteiger partial charge in [-0.2, -0.15) is 0 Å². The van der Waals surface area contributed by atoms with Crippen LogP contribution in [0.2, 0.25) is 0 Å². The van der Waals surface area contributed by atoms with Crippen LogP contribution in [-0.4, -0.2) is 59.5 Å². The van der Waals surface area contributed by atoms with Crippen LogP contribution in [-0.2, 0) is 11.3 Å². The molecule has 1 saturated heterocycles. The van der Waals surface area contributed by atoms with E-state index in [1.807, 2.05) is 17.0 Å². The van der Waals surface area contributed by atoms with Gasteiger partial charge in [0, 0.05) is 38.3 Å². The molecule has 1 aliphatic heterocycles. The number of carbonyl (C=O) groups is 2. The van der Waals surface area contributed by atoms with Gasteiger partial charge in [-0.15, -0.1) is 0 Å². The van der Waals surface area contributed by atoms with E-state index in [9.17, 15) is 9.59 Å². The van der Waals surface area contributed by atoms with Crippen LogP contribution < -0.4 is 5.73 Å². The topological polar surface area (TPSA) is 86.9 Å². The van der Waals surface area contributed by atoms with Gasteiger partial charge in [-0.25, -0.2) is 0 Å². The normalized spacial score (nSPS) is 16.1. The summed E-state index contributed by atoms with van der Waals surface area (Å²) in [6, 6.07) is 7.28. The first kappa shape index (κ1) is 14.5. The van der Waals surface area contributed by atoms with Gasteiger partial charge in [-0.1, -0.05) is 12.1 Å². The molecule has 6 nitrogen and oxygen atoms in total. The fourth-order valence-corrected chi connectivity index (χ4v) is 2.27. The Bertz CT molecular complexity index is 479. The number of nitrogens with two attached hydrogens (primary N) is 1. The summed E-state index contributed by atoms with van der Waals surface area (Å²) in [6.45, 7) is 2.81. The van der Waals surface area contributed by atoms with Crippen LogP contribution in [0.1, 0.15) is 15.9 Å². The van der Waals surface area contributed by atoms with Crippen molar-refractivity contribution in [2.75, 3.05) is 32.7 Å². The van der Waals surface area contributed by atoms with Crippen LogP contribution in [0.4, 0.5) is 0 Å². The van der Waals surface area contributed by atoms with Crippen molar-refractivity contribution < 1.29 is 14.7 Å². The molecule has 0 saturated carbocycles. The minimum Gasteiger partial charge on any atom is -0.480 e. The fourth-order valence-electron chi connectivity index (χ4n) is 2.27. The van der Waals surface area contributed by atoms with E-state index >= 15 is 0 Å². The van der Waals surface area contributed by atoms with Crippen LogP contribution in [0.3, 0.4) is 0 Å². The van der Waals surface area contributed by atoms with Gasteiger partial charge < -0.3 is 15.7 Å². The third kappa shape index (κ3) is 3.55. The molecule has 3 N–H and O–H groups in total. The average Bonchev–Trinajstić information content (AvgIpc) is 2.47.